The van der Waals surface area contributed by atoms with Gasteiger partial charge in [-0.25, -0.2) is 0 Å². The quantitative estimate of drug-likeness (QED) is 0.617. The van der Waals surface area contributed by atoms with Crippen molar-refractivity contribution in [3.05, 3.63) is 45.8 Å². The summed E-state index contributed by atoms with van der Waals surface area (Å²) in [6.45, 7) is 12.2. The highest BCUT2D eigenvalue weighted by atomic mass is 32.1. The third-order valence-corrected chi connectivity index (χ3v) is 5.44. The zero-order valence-electron chi connectivity index (χ0n) is 17.6. The van der Waals surface area contributed by atoms with Crippen LogP contribution in [-0.4, -0.2) is 16.5 Å². The van der Waals surface area contributed by atoms with Crippen LogP contribution in [0.2, 0.25) is 0 Å². The van der Waals surface area contributed by atoms with Gasteiger partial charge in [-0.15, -0.1) is 0 Å². The molecule has 1 heterocycles. The number of benzene rings is 1. The van der Waals surface area contributed by atoms with Gasteiger partial charge in [0.25, 0.3) is 5.91 Å². The third-order valence-electron chi connectivity index (χ3n) is 4.06. The molecule has 2 rings (SSSR count). The Hall–Kier alpha value is -2.09. The molecule has 0 saturated carbocycles. The molecule has 0 aliphatic heterocycles. The second kappa shape index (κ2) is 8.73. The summed E-state index contributed by atoms with van der Waals surface area (Å²) >= 11 is 1.33. The maximum Gasteiger partial charge on any atom is 0.416 e. The number of ether oxygens (including phenoxy) is 1. The normalized spacial score (nSPS) is 13.2. The van der Waals surface area contributed by atoms with Crippen molar-refractivity contribution in [3.63, 3.8) is 0 Å². The number of alkyl halides is 3. The standard InChI is InChI=1S/C21H27F3N2O2S/c1-7-28-17-9-8-15(21(22,23)24)11-16(17)18(27)25-19-14(10-13(2)3)12-26(29-19)20(4,5)6/h8-9,11-13H,7,10H2,1-6H3/b25-19-. The van der Waals surface area contributed by atoms with Gasteiger partial charge in [0.2, 0.25) is 0 Å². The van der Waals surface area contributed by atoms with Crippen LogP contribution in [0.15, 0.2) is 29.4 Å². The van der Waals surface area contributed by atoms with Crippen LogP contribution in [-0.2, 0) is 18.1 Å². The van der Waals surface area contributed by atoms with E-state index in [0.717, 1.165) is 17.7 Å². The van der Waals surface area contributed by atoms with Crippen molar-refractivity contribution in [3.8, 4) is 5.75 Å². The number of carbonyl (C=O) groups is 1. The first-order valence-corrected chi connectivity index (χ1v) is 10.3. The highest BCUT2D eigenvalue weighted by Crippen LogP contribution is 2.33. The zero-order chi connectivity index (χ0) is 22.0. The third kappa shape index (κ3) is 5.95. The van der Waals surface area contributed by atoms with Crippen LogP contribution in [0.3, 0.4) is 0 Å². The number of halogens is 3. The van der Waals surface area contributed by atoms with Crippen LogP contribution in [0.4, 0.5) is 13.2 Å². The minimum Gasteiger partial charge on any atom is -0.493 e. The number of nitrogens with zero attached hydrogens (tertiary/aromatic N) is 2. The Morgan fingerprint density at radius 1 is 1.24 bits per heavy atom. The molecule has 0 atom stereocenters. The van der Waals surface area contributed by atoms with Gasteiger partial charge in [0, 0.05) is 17.3 Å². The molecule has 0 aliphatic carbocycles. The maximum absolute atomic E-state index is 13.1. The molecule has 1 aromatic heterocycles. The van der Waals surface area contributed by atoms with Crippen LogP contribution in [0.25, 0.3) is 0 Å². The van der Waals surface area contributed by atoms with Crippen molar-refractivity contribution in [2.45, 2.75) is 59.7 Å². The van der Waals surface area contributed by atoms with Crippen LogP contribution in [0.1, 0.15) is 63.0 Å². The summed E-state index contributed by atoms with van der Waals surface area (Å²) in [5.41, 5.74) is -0.385. The molecule has 1 aromatic carbocycles. The lowest BCUT2D eigenvalue weighted by molar-refractivity contribution is -0.137. The number of hydrogen-bond donors (Lipinski definition) is 0. The minimum atomic E-state index is -4.55. The van der Waals surface area contributed by atoms with E-state index in [1.54, 1.807) is 6.92 Å². The predicted molar refractivity (Wildman–Crippen MR) is 108 cm³/mol. The van der Waals surface area contributed by atoms with Gasteiger partial charge in [-0.1, -0.05) is 13.8 Å². The Balaban J connectivity index is 2.60. The summed E-state index contributed by atoms with van der Waals surface area (Å²) in [6.07, 6.45) is -1.88. The van der Waals surface area contributed by atoms with E-state index in [1.165, 1.54) is 17.6 Å². The Bertz CT molecular complexity index is 935. The summed E-state index contributed by atoms with van der Waals surface area (Å²) in [5.74, 6) is -0.304. The zero-order valence-corrected chi connectivity index (χ0v) is 18.4. The van der Waals surface area contributed by atoms with E-state index in [0.29, 0.717) is 17.0 Å². The summed E-state index contributed by atoms with van der Waals surface area (Å²) in [7, 11) is 0. The van der Waals surface area contributed by atoms with E-state index in [4.69, 9.17) is 4.74 Å². The van der Waals surface area contributed by atoms with Crippen molar-refractivity contribution in [2.75, 3.05) is 6.61 Å². The molecule has 0 unspecified atom stereocenters. The van der Waals surface area contributed by atoms with E-state index in [-0.39, 0.29) is 23.5 Å². The van der Waals surface area contributed by atoms with E-state index >= 15 is 0 Å². The molecule has 0 aliphatic rings. The molecule has 29 heavy (non-hydrogen) atoms. The highest BCUT2D eigenvalue weighted by Gasteiger charge is 2.32. The van der Waals surface area contributed by atoms with E-state index in [1.807, 2.05) is 30.9 Å². The van der Waals surface area contributed by atoms with Crippen LogP contribution < -0.4 is 9.41 Å². The molecule has 0 fully saturated rings. The molecule has 160 valence electrons. The topological polar surface area (TPSA) is 43.6 Å². The SMILES string of the molecule is CCOc1ccc(C(F)(F)F)cc1C(=O)/N=c1\sn(C(C)(C)C)cc1CC(C)C. The van der Waals surface area contributed by atoms with Crippen molar-refractivity contribution in [1.82, 2.24) is 3.96 Å². The molecule has 0 spiro atoms. The van der Waals surface area contributed by atoms with Gasteiger partial charge in [0.05, 0.1) is 17.7 Å². The molecule has 0 bridgehead atoms. The van der Waals surface area contributed by atoms with Gasteiger partial charge in [-0.2, -0.15) is 18.2 Å². The van der Waals surface area contributed by atoms with Gasteiger partial charge in [-0.3, -0.25) is 8.75 Å². The van der Waals surface area contributed by atoms with E-state index in [9.17, 15) is 18.0 Å². The molecule has 4 nitrogen and oxygen atoms in total. The number of hydrogen-bond acceptors (Lipinski definition) is 3. The monoisotopic (exact) mass is 428 g/mol. The van der Waals surface area contributed by atoms with Crippen LogP contribution >= 0.6 is 11.5 Å². The average Bonchev–Trinajstić information content (AvgIpc) is 2.96. The Morgan fingerprint density at radius 3 is 2.41 bits per heavy atom. The lowest BCUT2D eigenvalue weighted by Crippen LogP contribution is -2.18. The van der Waals surface area contributed by atoms with Crippen molar-refractivity contribution in [1.29, 1.82) is 0 Å². The highest BCUT2D eigenvalue weighted by molar-refractivity contribution is 7.04. The van der Waals surface area contributed by atoms with Crippen LogP contribution in [0.5, 0.6) is 5.75 Å². The van der Waals surface area contributed by atoms with Crippen molar-refractivity contribution < 1.29 is 22.7 Å². The molecule has 0 radical (unpaired) electrons. The van der Waals surface area contributed by atoms with Crippen molar-refractivity contribution >= 4 is 17.4 Å². The fraction of sp³-hybridized carbons (Fsp3) is 0.524. The second-order valence-electron chi connectivity index (χ2n) is 8.20. The van der Waals surface area contributed by atoms with Crippen molar-refractivity contribution in [2.24, 2.45) is 10.9 Å². The lowest BCUT2D eigenvalue weighted by Gasteiger charge is -2.19. The fourth-order valence-corrected chi connectivity index (χ4v) is 3.70. The Kier molecular flexibility index (Phi) is 6.98. The van der Waals surface area contributed by atoms with Gasteiger partial charge in [0.15, 0.2) is 0 Å². The molecule has 1 amide bonds. The Morgan fingerprint density at radius 2 is 1.90 bits per heavy atom. The summed E-state index contributed by atoms with van der Waals surface area (Å²) in [5, 5.41) is 0. The molecule has 8 heteroatoms. The average molecular weight is 429 g/mol. The van der Waals surface area contributed by atoms with E-state index in [2.05, 4.69) is 18.8 Å². The lowest BCUT2D eigenvalue weighted by atomic mass is 10.1. The largest absolute Gasteiger partial charge is 0.493 e. The molecular weight excluding hydrogens is 401 g/mol. The first-order chi connectivity index (χ1) is 13.3. The number of rotatable bonds is 5. The van der Waals surface area contributed by atoms with Crippen LogP contribution in [0, 0.1) is 5.92 Å². The summed E-state index contributed by atoms with van der Waals surface area (Å²) < 4.78 is 47.3. The number of carbonyl (C=O) groups excluding carboxylic acids is 1. The molecule has 0 saturated heterocycles. The Labute approximate surface area is 173 Å². The predicted octanol–water partition coefficient (Wildman–Crippen LogP) is 5.66. The molecule has 0 N–H and O–H groups in total. The molecule has 2 aromatic rings. The summed E-state index contributed by atoms with van der Waals surface area (Å²) in [6, 6.07) is 2.89. The fourth-order valence-electron chi connectivity index (χ4n) is 2.68. The minimum absolute atomic E-state index is 0.0971. The van der Waals surface area contributed by atoms with Gasteiger partial charge < -0.3 is 4.74 Å². The first kappa shape index (κ1) is 23.2. The number of aromatic nitrogens is 1. The second-order valence-corrected chi connectivity index (χ2v) is 9.17. The van der Waals surface area contributed by atoms with Gasteiger partial charge >= 0.3 is 6.18 Å². The maximum atomic E-state index is 13.1. The first-order valence-electron chi connectivity index (χ1n) is 9.48. The van der Waals surface area contributed by atoms with Gasteiger partial charge in [0.1, 0.15) is 10.4 Å². The molecular formula is C21H27F3N2O2S. The number of amides is 1. The van der Waals surface area contributed by atoms with E-state index < -0.39 is 17.6 Å². The summed E-state index contributed by atoms with van der Waals surface area (Å²) in [4.78, 5) is 17.1. The smallest absolute Gasteiger partial charge is 0.416 e. The van der Waals surface area contributed by atoms with Gasteiger partial charge in [-0.05, 0) is 69.8 Å².